The van der Waals surface area contributed by atoms with Gasteiger partial charge in [0.15, 0.2) is 0 Å². The molecule has 1 atom stereocenters. The van der Waals surface area contributed by atoms with Crippen LogP contribution in [0, 0.1) is 0 Å². The second-order valence-electron chi connectivity index (χ2n) is 4.35. The van der Waals surface area contributed by atoms with Crippen LogP contribution in [0.3, 0.4) is 0 Å². The minimum absolute atomic E-state index is 0. The van der Waals surface area contributed by atoms with Crippen molar-refractivity contribution in [2.24, 2.45) is 0 Å². The first-order chi connectivity index (χ1) is 8.20. The molecule has 0 aliphatic carbocycles. The Labute approximate surface area is 122 Å². The lowest BCUT2D eigenvalue weighted by molar-refractivity contribution is 0.0921. The molecule has 1 aliphatic heterocycles. The van der Waals surface area contributed by atoms with Crippen LogP contribution in [0.1, 0.15) is 30.3 Å². The van der Waals surface area contributed by atoms with Crippen LogP contribution >= 0.6 is 28.3 Å². The summed E-state index contributed by atoms with van der Waals surface area (Å²) in [6.45, 7) is 4.77. The molecule has 0 radical (unpaired) electrons. The topological polar surface area (TPSA) is 46.1 Å². The predicted molar refractivity (Wildman–Crippen MR) is 78.4 cm³/mol. The lowest BCUT2D eigenvalue weighted by atomic mass is 10.1. The molecule has 4 nitrogen and oxygen atoms in total. The molecule has 2 N–H and O–H groups in total. The first kappa shape index (κ1) is 15.5. The van der Waals surface area contributed by atoms with Gasteiger partial charge in [-0.25, -0.2) is 0 Å². The smallest absolute Gasteiger partial charge is 0.268 e. The fraction of sp³-hybridized carbons (Fsp3) is 0.583. The summed E-state index contributed by atoms with van der Waals surface area (Å²) in [5, 5.41) is 6.37. The molecule has 18 heavy (non-hydrogen) atoms. The number of carbonyl (C=O) groups is 1. The highest BCUT2D eigenvalue weighted by molar-refractivity contribution is 9.10. The van der Waals surface area contributed by atoms with E-state index in [0.29, 0.717) is 0 Å². The SMILES string of the molecule is CCn1cc(Br)cc1C(=O)N[C@H]1CCCNC1.Cl. The third-order valence-electron chi connectivity index (χ3n) is 3.07. The summed E-state index contributed by atoms with van der Waals surface area (Å²) in [6.07, 6.45) is 4.13. The van der Waals surface area contributed by atoms with Crippen LogP contribution in [-0.2, 0) is 6.54 Å². The maximum Gasteiger partial charge on any atom is 0.268 e. The summed E-state index contributed by atoms with van der Waals surface area (Å²) in [6, 6.07) is 2.13. The lowest BCUT2D eigenvalue weighted by Gasteiger charge is -2.23. The Kier molecular flexibility index (Phi) is 6.18. The number of carbonyl (C=O) groups excluding carboxylic acids is 1. The van der Waals surface area contributed by atoms with Gasteiger partial charge in [-0.1, -0.05) is 0 Å². The first-order valence-electron chi connectivity index (χ1n) is 6.08. The molecule has 2 heterocycles. The zero-order valence-corrected chi connectivity index (χ0v) is 12.8. The lowest BCUT2D eigenvalue weighted by Crippen LogP contribution is -2.46. The Balaban J connectivity index is 0.00000162. The van der Waals surface area contributed by atoms with Gasteiger partial charge >= 0.3 is 0 Å². The van der Waals surface area contributed by atoms with E-state index < -0.39 is 0 Å². The molecule has 1 aromatic rings. The Morgan fingerprint density at radius 3 is 3.06 bits per heavy atom. The van der Waals surface area contributed by atoms with E-state index in [-0.39, 0.29) is 24.4 Å². The summed E-state index contributed by atoms with van der Waals surface area (Å²) < 4.78 is 2.90. The third-order valence-corrected chi connectivity index (χ3v) is 3.50. The number of piperidine rings is 1. The molecule has 2 rings (SSSR count). The zero-order valence-electron chi connectivity index (χ0n) is 10.4. The predicted octanol–water partition coefficient (Wildman–Crippen LogP) is 2.17. The van der Waals surface area contributed by atoms with Crippen molar-refractivity contribution in [2.75, 3.05) is 13.1 Å². The molecule has 102 valence electrons. The average Bonchev–Trinajstić information content (AvgIpc) is 2.72. The Morgan fingerprint density at radius 2 is 2.44 bits per heavy atom. The van der Waals surface area contributed by atoms with Gasteiger partial charge in [0.1, 0.15) is 5.69 Å². The highest BCUT2D eigenvalue weighted by Crippen LogP contribution is 2.15. The number of halogens is 2. The maximum atomic E-state index is 12.1. The standard InChI is InChI=1S/C12H18BrN3O.ClH/c1-2-16-8-9(13)6-11(16)12(17)15-10-4-3-5-14-7-10;/h6,8,10,14H,2-5,7H2,1H3,(H,15,17);1H/t10-;/m0./s1. The maximum absolute atomic E-state index is 12.1. The van der Waals surface area contributed by atoms with E-state index in [0.717, 1.165) is 42.6 Å². The minimum atomic E-state index is 0. The summed E-state index contributed by atoms with van der Waals surface area (Å²) >= 11 is 3.40. The van der Waals surface area contributed by atoms with E-state index in [4.69, 9.17) is 0 Å². The molecule has 1 saturated heterocycles. The van der Waals surface area contributed by atoms with Gasteiger partial charge in [-0.3, -0.25) is 4.79 Å². The molecule has 0 bridgehead atoms. The monoisotopic (exact) mass is 335 g/mol. The highest BCUT2D eigenvalue weighted by atomic mass is 79.9. The van der Waals surface area contributed by atoms with Crippen LogP contribution in [0.4, 0.5) is 0 Å². The fourth-order valence-electron chi connectivity index (χ4n) is 2.16. The number of rotatable bonds is 3. The van der Waals surface area contributed by atoms with Crippen molar-refractivity contribution in [3.8, 4) is 0 Å². The largest absolute Gasteiger partial charge is 0.347 e. The van der Waals surface area contributed by atoms with Crippen molar-refractivity contribution in [1.82, 2.24) is 15.2 Å². The number of nitrogens with zero attached hydrogens (tertiary/aromatic N) is 1. The van der Waals surface area contributed by atoms with Crippen LogP contribution in [0.2, 0.25) is 0 Å². The van der Waals surface area contributed by atoms with Gasteiger partial charge in [0, 0.05) is 29.8 Å². The number of hydrogen-bond donors (Lipinski definition) is 2. The number of amides is 1. The summed E-state index contributed by atoms with van der Waals surface area (Å²) in [4.78, 5) is 12.1. The quantitative estimate of drug-likeness (QED) is 0.888. The number of aromatic nitrogens is 1. The van der Waals surface area contributed by atoms with E-state index in [9.17, 15) is 4.79 Å². The van der Waals surface area contributed by atoms with Crippen molar-refractivity contribution in [3.63, 3.8) is 0 Å². The van der Waals surface area contributed by atoms with Gasteiger partial charge in [-0.05, 0) is 48.3 Å². The third kappa shape index (κ3) is 3.73. The number of hydrogen-bond acceptors (Lipinski definition) is 2. The van der Waals surface area contributed by atoms with Gasteiger partial charge in [-0.15, -0.1) is 12.4 Å². The molecule has 6 heteroatoms. The molecule has 1 aliphatic rings. The molecule has 0 aromatic carbocycles. The van der Waals surface area contributed by atoms with Crippen LogP contribution < -0.4 is 10.6 Å². The van der Waals surface area contributed by atoms with Crippen LogP contribution in [0.5, 0.6) is 0 Å². The molecule has 0 unspecified atom stereocenters. The van der Waals surface area contributed by atoms with Crippen molar-refractivity contribution in [1.29, 1.82) is 0 Å². The fourth-order valence-corrected chi connectivity index (χ4v) is 2.63. The van der Waals surface area contributed by atoms with Crippen molar-refractivity contribution >= 4 is 34.2 Å². The molecular formula is C12H19BrClN3O. The van der Waals surface area contributed by atoms with Crippen LogP contribution in [0.25, 0.3) is 0 Å². The second-order valence-corrected chi connectivity index (χ2v) is 5.26. The minimum Gasteiger partial charge on any atom is -0.347 e. The Morgan fingerprint density at radius 1 is 1.67 bits per heavy atom. The molecular weight excluding hydrogens is 318 g/mol. The number of nitrogens with one attached hydrogen (secondary N) is 2. The molecule has 0 saturated carbocycles. The van der Waals surface area contributed by atoms with Crippen molar-refractivity contribution in [2.45, 2.75) is 32.4 Å². The van der Waals surface area contributed by atoms with E-state index in [1.807, 2.05) is 23.8 Å². The van der Waals surface area contributed by atoms with Crippen LogP contribution in [-0.4, -0.2) is 29.6 Å². The summed E-state index contributed by atoms with van der Waals surface area (Å²) in [5.41, 5.74) is 0.727. The first-order valence-corrected chi connectivity index (χ1v) is 6.87. The normalized spacial score (nSPS) is 19.1. The van der Waals surface area contributed by atoms with Gasteiger partial charge in [-0.2, -0.15) is 0 Å². The summed E-state index contributed by atoms with van der Waals surface area (Å²) in [5.74, 6) is 0.0197. The van der Waals surface area contributed by atoms with Crippen molar-refractivity contribution < 1.29 is 4.79 Å². The Bertz CT molecular complexity index is 402. The zero-order chi connectivity index (χ0) is 12.3. The second kappa shape index (κ2) is 7.16. The molecule has 1 fully saturated rings. The van der Waals surface area contributed by atoms with Gasteiger partial charge < -0.3 is 15.2 Å². The van der Waals surface area contributed by atoms with Gasteiger partial charge in [0.2, 0.25) is 0 Å². The molecule has 1 aromatic heterocycles. The molecule has 0 spiro atoms. The highest BCUT2D eigenvalue weighted by Gasteiger charge is 2.18. The number of aryl methyl sites for hydroxylation is 1. The summed E-state index contributed by atoms with van der Waals surface area (Å²) in [7, 11) is 0. The van der Waals surface area contributed by atoms with Gasteiger partial charge in [0.05, 0.1) is 0 Å². The van der Waals surface area contributed by atoms with E-state index in [1.54, 1.807) is 0 Å². The average molecular weight is 337 g/mol. The van der Waals surface area contributed by atoms with E-state index >= 15 is 0 Å². The van der Waals surface area contributed by atoms with Crippen LogP contribution in [0.15, 0.2) is 16.7 Å². The van der Waals surface area contributed by atoms with Crippen molar-refractivity contribution in [3.05, 3.63) is 22.4 Å². The molecule has 1 amide bonds. The Hall–Kier alpha value is -0.520. The van der Waals surface area contributed by atoms with Gasteiger partial charge in [0.25, 0.3) is 5.91 Å². The van der Waals surface area contributed by atoms with E-state index in [2.05, 4.69) is 26.6 Å². The van der Waals surface area contributed by atoms with E-state index in [1.165, 1.54) is 0 Å².